The highest BCUT2D eigenvalue weighted by Gasteiger charge is 2.34. The van der Waals surface area contributed by atoms with Crippen LogP contribution >= 0.6 is 0 Å². The zero-order chi connectivity index (χ0) is 15.7. The summed E-state index contributed by atoms with van der Waals surface area (Å²) in [7, 11) is 0. The Balaban J connectivity index is 2.23. The molecular formula is C16H12F3N3. The van der Waals surface area contributed by atoms with Crippen molar-refractivity contribution in [2.45, 2.75) is 12.6 Å². The molecule has 1 aromatic heterocycles. The molecule has 0 N–H and O–H groups in total. The van der Waals surface area contributed by atoms with Crippen LogP contribution in [0.25, 0.3) is 16.7 Å². The second-order valence-corrected chi connectivity index (χ2v) is 4.83. The largest absolute Gasteiger partial charge is 0.418 e. The van der Waals surface area contributed by atoms with E-state index in [0.717, 1.165) is 6.07 Å². The molecule has 0 unspecified atom stereocenters. The predicted molar refractivity (Wildman–Crippen MR) is 77.8 cm³/mol. The maximum atomic E-state index is 13.4. The van der Waals surface area contributed by atoms with E-state index in [1.54, 1.807) is 36.4 Å². The van der Waals surface area contributed by atoms with Crippen LogP contribution in [0.4, 0.5) is 13.2 Å². The van der Waals surface area contributed by atoms with Crippen LogP contribution in [0.5, 0.6) is 0 Å². The van der Waals surface area contributed by atoms with E-state index in [1.807, 2.05) is 0 Å². The van der Waals surface area contributed by atoms with Gasteiger partial charge in [-0.15, -0.1) is 11.7 Å². The number of benzene rings is 2. The lowest BCUT2D eigenvalue weighted by Gasteiger charge is -2.14. The van der Waals surface area contributed by atoms with E-state index >= 15 is 0 Å². The summed E-state index contributed by atoms with van der Waals surface area (Å²) >= 11 is 0. The SMILES string of the molecule is C=CCc1ccc(-n2nnc3ccccc32)c(C(F)(F)F)c1. The molecule has 112 valence electrons. The summed E-state index contributed by atoms with van der Waals surface area (Å²) in [5.41, 5.74) is 0.863. The maximum Gasteiger partial charge on any atom is 0.418 e. The van der Waals surface area contributed by atoms with Gasteiger partial charge in [-0.2, -0.15) is 13.2 Å². The van der Waals surface area contributed by atoms with Crippen molar-refractivity contribution in [3.63, 3.8) is 0 Å². The lowest BCUT2D eigenvalue weighted by Crippen LogP contribution is -2.12. The molecule has 0 saturated heterocycles. The molecule has 3 rings (SSSR count). The van der Waals surface area contributed by atoms with Crippen LogP contribution in [0.1, 0.15) is 11.1 Å². The summed E-state index contributed by atoms with van der Waals surface area (Å²) in [6, 6.07) is 11.1. The van der Waals surface area contributed by atoms with Crippen LogP contribution in [0, 0.1) is 0 Å². The first-order valence-electron chi connectivity index (χ1n) is 6.62. The minimum absolute atomic E-state index is 0.0333. The van der Waals surface area contributed by atoms with Crippen molar-refractivity contribution in [1.82, 2.24) is 15.0 Å². The average molecular weight is 303 g/mol. The highest BCUT2D eigenvalue weighted by atomic mass is 19.4. The Kier molecular flexibility index (Phi) is 3.44. The third-order valence-corrected chi connectivity index (χ3v) is 3.33. The molecule has 0 spiro atoms. The second-order valence-electron chi connectivity index (χ2n) is 4.83. The van der Waals surface area contributed by atoms with Crippen LogP contribution in [0.15, 0.2) is 55.1 Å². The number of rotatable bonds is 3. The summed E-state index contributed by atoms with van der Waals surface area (Å²) < 4.78 is 41.3. The zero-order valence-electron chi connectivity index (χ0n) is 11.5. The monoisotopic (exact) mass is 303 g/mol. The number of hydrogen-bond donors (Lipinski definition) is 0. The molecule has 0 saturated carbocycles. The van der Waals surface area contributed by atoms with Crippen LogP contribution < -0.4 is 0 Å². The molecule has 0 radical (unpaired) electrons. The lowest BCUT2D eigenvalue weighted by atomic mass is 10.1. The van der Waals surface area contributed by atoms with Crippen LogP contribution in [-0.2, 0) is 12.6 Å². The summed E-state index contributed by atoms with van der Waals surface area (Å²) in [6.07, 6.45) is -2.53. The maximum absolute atomic E-state index is 13.4. The molecule has 0 fully saturated rings. The Labute approximate surface area is 124 Å². The van der Waals surface area contributed by atoms with Gasteiger partial charge in [-0.3, -0.25) is 0 Å². The van der Waals surface area contributed by atoms with Crippen LogP contribution in [0.2, 0.25) is 0 Å². The number of halogens is 3. The molecule has 0 bridgehead atoms. The van der Waals surface area contributed by atoms with E-state index in [4.69, 9.17) is 0 Å². The van der Waals surface area contributed by atoms with E-state index < -0.39 is 11.7 Å². The Hall–Kier alpha value is -2.63. The van der Waals surface area contributed by atoms with E-state index in [2.05, 4.69) is 16.9 Å². The molecule has 22 heavy (non-hydrogen) atoms. The van der Waals surface area contributed by atoms with E-state index in [9.17, 15) is 13.2 Å². The van der Waals surface area contributed by atoms with Gasteiger partial charge in [0.15, 0.2) is 0 Å². The number of fused-ring (bicyclic) bond motifs is 1. The summed E-state index contributed by atoms with van der Waals surface area (Å²) in [5.74, 6) is 0. The Morgan fingerprint density at radius 2 is 1.91 bits per heavy atom. The molecular weight excluding hydrogens is 291 g/mol. The Morgan fingerprint density at radius 3 is 2.64 bits per heavy atom. The molecule has 3 nitrogen and oxygen atoms in total. The lowest BCUT2D eigenvalue weighted by molar-refractivity contribution is -0.137. The van der Waals surface area contributed by atoms with Gasteiger partial charge in [0.05, 0.1) is 16.8 Å². The molecule has 3 aromatic rings. The van der Waals surface area contributed by atoms with Crippen molar-refractivity contribution >= 4 is 11.0 Å². The first-order valence-corrected chi connectivity index (χ1v) is 6.62. The third kappa shape index (κ3) is 2.47. The summed E-state index contributed by atoms with van der Waals surface area (Å²) in [5, 5.41) is 7.77. The number of nitrogens with zero attached hydrogens (tertiary/aromatic N) is 3. The van der Waals surface area contributed by atoms with Crippen LogP contribution in [-0.4, -0.2) is 15.0 Å². The molecule has 1 heterocycles. The quantitative estimate of drug-likeness (QED) is 0.680. The van der Waals surface area contributed by atoms with Gasteiger partial charge < -0.3 is 0 Å². The highest BCUT2D eigenvalue weighted by molar-refractivity contribution is 5.76. The number of allylic oxidation sites excluding steroid dienone is 1. The van der Waals surface area contributed by atoms with E-state index in [0.29, 0.717) is 23.0 Å². The van der Waals surface area contributed by atoms with Gasteiger partial charge in [0, 0.05) is 0 Å². The molecule has 6 heteroatoms. The molecule has 0 aliphatic heterocycles. The Bertz CT molecular complexity index is 834. The first-order chi connectivity index (χ1) is 10.5. The zero-order valence-corrected chi connectivity index (χ0v) is 11.5. The molecule has 0 aliphatic carbocycles. The van der Waals surface area contributed by atoms with E-state index in [1.165, 1.54) is 10.7 Å². The van der Waals surface area contributed by atoms with Gasteiger partial charge in [0.25, 0.3) is 0 Å². The van der Waals surface area contributed by atoms with Gasteiger partial charge in [-0.25, -0.2) is 4.68 Å². The standard InChI is InChI=1S/C16H12F3N3/c1-2-5-11-8-9-14(12(10-11)16(17,18)19)22-15-7-4-3-6-13(15)20-21-22/h2-4,6-10H,1,5H2. The van der Waals surface area contributed by atoms with Gasteiger partial charge in [0.1, 0.15) is 5.52 Å². The minimum Gasteiger partial charge on any atom is -0.212 e. The smallest absolute Gasteiger partial charge is 0.212 e. The topological polar surface area (TPSA) is 30.7 Å². The second kappa shape index (κ2) is 5.29. The van der Waals surface area contributed by atoms with Gasteiger partial charge >= 0.3 is 6.18 Å². The van der Waals surface area contributed by atoms with Crippen molar-refractivity contribution in [1.29, 1.82) is 0 Å². The first kappa shape index (κ1) is 14.3. The summed E-state index contributed by atoms with van der Waals surface area (Å²) in [4.78, 5) is 0. The molecule has 0 amide bonds. The number of aromatic nitrogens is 3. The fourth-order valence-corrected chi connectivity index (χ4v) is 2.34. The van der Waals surface area contributed by atoms with Crippen molar-refractivity contribution in [3.8, 4) is 5.69 Å². The molecule has 2 aromatic carbocycles. The van der Waals surface area contributed by atoms with Gasteiger partial charge in [-0.1, -0.05) is 29.5 Å². The average Bonchev–Trinajstić information content (AvgIpc) is 2.90. The number of para-hydroxylation sites is 1. The van der Waals surface area contributed by atoms with Crippen molar-refractivity contribution in [2.75, 3.05) is 0 Å². The van der Waals surface area contributed by atoms with Crippen LogP contribution in [0.3, 0.4) is 0 Å². The summed E-state index contributed by atoms with van der Waals surface area (Å²) in [6.45, 7) is 3.55. The Morgan fingerprint density at radius 1 is 1.14 bits per heavy atom. The normalized spacial score (nSPS) is 11.8. The van der Waals surface area contributed by atoms with E-state index in [-0.39, 0.29) is 5.69 Å². The predicted octanol–water partition coefficient (Wildman–Crippen LogP) is 4.17. The van der Waals surface area contributed by atoms with Gasteiger partial charge in [0.2, 0.25) is 0 Å². The number of hydrogen-bond acceptors (Lipinski definition) is 2. The van der Waals surface area contributed by atoms with Crippen molar-refractivity contribution in [2.24, 2.45) is 0 Å². The number of alkyl halides is 3. The molecule has 0 atom stereocenters. The van der Waals surface area contributed by atoms with Crippen molar-refractivity contribution < 1.29 is 13.2 Å². The van der Waals surface area contributed by atoms with Gasteiger partial charge in [-0.05, 0) is 36.2 Å². The molecule has 0 aliphatic rings. The third-order valence-electron chi connectivity index (χ3n) is 3.33. The van der Waals surface area contributed by atoms with Crippen molar-refractivity contribution in [3.05, 3.63) is 66.2 Å². The minimum atomic E-state index is -4.47. The fraction of sp³-hybridized carbons (Fsp3) is 0.125. The fourth-order valence-electron chi connectivity index (χ4n) is 2.34. The highest BCUT2D eigenvalue weighted by Crippen LogP contribution is 2.35.